The second kappa shape index (κ2) is 11.0. The van der Waals surface area contributed by atoms with Crippen LogP contribution >= 0.6 is 12.4 Å². The summed E-state index contributed by atoms with van der Waals surface area (Å²) in [5, 5.41) is 4.05. The van der Waals surface area contributed by atoms with E-state index in [1.165, 1.54) is 0 Å². The minimum Gasteiger partial charge on any atom is -0.445 e. The van der Waals surface area contributed by atoms with Gasteiger partial charge in [-0.2, -0.15) is 4.98 Å². The summed E-state index contributed by atoms with van der Waals surface area (Å²) < 4.78 is 16.0. The van der Waals surface area contributed by atoms with E-state index >= 15 is 0 Å². The number of carbonyl (C=O) groups excluding carboxylic acids is 1. The summed E-state index contributed by atoms with van der Waals surface area (Å²) in [5.74, 6) is 1.30. The third kappa shape index (κ3) is 6.47. The summed E-state index contributed by atoms with van der Waals surface area (Å²) in [5.41, 5.74) is 6.61. The molecule has 0 radical (unpaired) electrons. The third-order valence-electron chi connectivity index (χ3n) is 4.41. The van der Waals surface area contributed by atoms with Crippen LogP contribution in [0.15, 0.2) is 34.9 Å². The van der Waals surface area contributed by atoms with Gasteiger partial charge < -0.3 is 24.6 Å². The SMILES string of the molecule is C[C@@H](N)COCc1nc(C2CCN(C(=O)OCc3ccccc3)CC2)no1.Cl. The molecule has 154 valence electrons. The highest BCUT2D eigenvalue weighted by Gasteiger charge is 2.27. The number of carbonyl (C=O) groups is 1. The van der Waals surface area contributed by atoms with Gasteiger partial charge in [-0.3, -0.25) is 0 Å². The van der Waals surface area contributed by atoms with Crippen molar-refractivity contribution < 1.29 is 18.8 Å². The minimum absolute atomic E-state index is 0. The Labute approximate surface area is 170 Å². The third-order valence-corrected chi connectivity index (χ3v) is 4.41. The Morgan fingerprint density at radius 3 is 2.68 bits per heavy atom. The molecule has 28 heavy (non-hydrogen) atoms. The molecular weight excluding hydrogens is 384 g/mol. The van der Waals surface area contributed by atoms with Crippen molar-refractivity contribution in [2.45, 2.75) is 44.9 Å². The molecule has 1 aromatic carbocycles. The van der Waals surface area contributed by atoms with Crippen molar-refractivity contribution in [2.75, 3.05) is 19.7 Å². The lowest BCUT2D eigenvalue weighted by Crippen LogP contribution is -2.38. The molecule has 1 aliphatic rings. The second-order valence-corrected chi connectivity index (χ2v) is 6.84. The molecule has 9 heteroatoms. The molecule has 0 saturated carbocycles. The number of benzene rings is 1. The Morgan fingerprint density at radius 2 is 2.00 bits per heavy atom. The lowest BCUT2D eigenvalue weighted by Gasteiger charge is -2.29. The van der Waals surface area contributed by atoms with E-state index in [-0.39, 0.29) is 43.7 Å². The Morgan fingerprint density at radius 1 is 1.29 bits per heavy atom. The molecule has 2 heterocycles. The van der Waals surface area contributed by atoms with Crippen LogP contribution in [0, 0.1) is 0 Å². The number of halogens is 1. The van der Waals surface area contributed by atoms with Crippen molar-refractivity contribution in [1.82, 2.24) is 15.0 Å². The number of aromatic nitrogens is 2. The van der Waals surface area contributed by atoms with Gasteiger partial charge in [0.25, 0.3) is 5.89 Å². The van der Waals surface area contributed by atoms with Crippen LogP contribution < -0.4 is 5.73 Å². The Kier molecular flexibility index (Phi) is 8.69. The largest absolute Gasteiger partial charge is 0.445 e. The van der Waals surface area contributed by atoms with Gasteiger partial charge in [0.2, 0.25) is 0 Å². The number of hydrogen-bond acceptors (Lipinski definition) is 7. The number of nitrogens with two attached hydrogens (primary N) is 1. The number of rotatable bonds is 7. The monoisotopic (exact) mass is 410 g/mol. The molecular formula is C19H27ClN4O4. The maximum Gasteiger partial charge on any atom is 0.410 e. The van der Waals surface area contributed by atoms with Crippen LogP contribution in [0.2, 0.25) is 0 Å². The quantitative estimate of drug-likeness (QED) is 0.748. The highest BCUT2D eigenvalue weighted by molar-refractivity contribution is 5.85. The van der Waals surface area contributed by atoms with E-state index < -0.39 is 0 Å². The minimum atomic E-state index is -0.282. The van der Waals surface area contributed by atoms with Crippen LogP contribution in [0.4, 0.5) is 4.79 Å². The number of amides is 1. The van der Waals surface area contributed by atoms with Crippen LogP contribution in [0.3, 0.4) is 0 Å². The van der Waals surface area contributed by atoms with Crippen LogP contribution in [0.5, 0.6) is 0 Å². The normalized spacial score (nSPS) is 15.7. The lowest BCUT2D eigenvalue weighted by atomic mass is 9.96. The molecule has 8 nitrogen and oxygen atoms in total. The van der Waals surface area contributed by atoms with Gasteiger partial charge in [-0.15, -0.1) is 12.4 Å². The van der Waals surface area contributed by atoms with Crippen LogP contribution in [0.1, 0.15) is 43.0 Å². The Hall–Kier alpha value is -2.16. The lowest BCUT2D eigenvalue weighted by molar-refractivity contribution is 0.0864. The summed E-state index contributed by atoms with van der Waals surface area (Å²) in [7, 11) is 0. The van der Waals surface area contributed by atoms with Gasteiger partial charge in [-0.1, -0.05) is 35.5 Å². The fourth-order valence-corrected chi connectivity index (χ4v) is 2.96. The molecule has 1 saturated heterocycles. The second-order valence-electron chi connectivity index (χ2n) is 6.84. The standard InChI is InChI=1S/C19H26N4O4.ClH/c1-14(20)11-25-13-17-21-18(22-27-17)16-7-9-23(10-8-16)19(24)26-12-15-5-3-2-4-6-15;/h2-6,14,16H,7-13,20H2,1H3;1H/t14-;/m1./s1. The first-order valence-electron chi connectivity index (χ1n) is 9.23. The molecule has 0 spiro atoms. The van der Waals surface area contributed by atoms with Gasteiger partial charge in [-0.05, 0) is 25.3 Å². The summed E-state index contributed by atoms with van der Waals surface area (Å²) >= 11 is 0. The summed E-state index contributed by atoms with van der Waals surface area (Å²) in [6.45, 7) is 4.10. The average Bonchev–Trinajstić information content (AvgIpc) is 3.16. The Balaban J connectivity index is 0.00000280. The molecule has 0 aliphatic carbocycles. The zero-order valence-corrected chi connectivity index (χ0v) is 16.8. The Bertz CT molecular complexity index is 718. The smallest absolute Gasteiger partial charge is 0.410 e. The molecule has 2 N–H and O–H groups in total. The van der Waals surface area contributed by atoms with Gasteiger partial charge >= 0.3 is 6.09 Å². The first-order chi connectivity index (χ1) is 13.1. The molecule has 1 atom stereocenters. The maximum atomic E-state index is 12.2. The molecule has 1 aliphatic heterocycles. The number of piperidine rings is 1. The molecule has 0 unspecified atom stereocenters. The van der Waals surface area contributed by atoms with E-state index in [4.69, 9.17) is 19.7 Å². The predicted octanol–water partition coefficient (Wildman–Crippen LogP) is 2.87. The average molecular weight is 411 g/mol. The molecule has 2 aromatic rings. The number of hydrogen-bond donors (Lipinski definition) is 1. The fraction of sp³-hybridized carbons (Fsp3) is 0.526. The van der Waals surface area contributed by atoms with Crippen LogP contribution in [-0.4, -0.2) is 46.9 Å². The zero-order chi connectivity index (χ0) is 19.1. The van der Waals surface area contributed by atoms with Gasteiger partial charge in [-0.25, -0.2) is 4.79 Å². The molecule has 3 rings (SSSR count). The van der Waals surface area contributed by atoms with E-state index in [1.807, 2.05) is 37.3 Å². The van der Waals surface area contributed by atoms with E-state index in [0.717, 1.165) is 18.4 Å². The summed E-state index contributed by atoms with van der Waals surface area (Å²) in [6, 6.07) is 9.63. The molecule has 1 fully saturated rings. The highest BCUT2D eigenvalue weighted by atomic mass is 35.5. The molecule has 1 amide bonds. The number of nitrogens with zero attached hydrogens (tertiary/aromatic N) is 3. The van der Waals surface area contributed by atoms with Gasteiger partial charge in [0.05, 0.1) is 6.61 Å². The number of likely N-dealkylation sites (tertiary alicyclic amines) is 1. The topological polar surface area (TPSA) is 104 Å². The van der Waals surface area contributed by atoms with Gasteiger partial charge in [0.15, 0.2) is 5.82 Å². The number of ether oxygens (including phenoxy) is 2. The van der Waals surface area contributed by atoms with E-state index in [0.29, 0.717) is 31.4 Å². The van der Waals surface area contributed by atoms with E-state index in [1.54, 1.807) is 4.90 Å². The predicted molar refractivity (Wildman–Crippen MR) is 105 cm³/mol. The highest BCUT2D eigenvalue weighted by Crippen LogP contribution is 2.26. The summed E-state index contributed by atoms with van der Waals surface area (Å²) in [4.78, 5) is 18.3. The maximum absolute atomic E-state index is 12.2. The van der Waals surface area contributed by atoms with E-state index in [2.05, 4.69) is 10.1 Å². The van der Waals surface area contributed by atoms with Crippen molar-refractivity contribution in [2.24, 2.45) is 5.73 Å². The van der Waals surface area contributed by atoms with Crippen LogP contribution in [-0.2, 0) is 22.7 Å². The van der Waals surface area contributed by atoms with E-state index in [9.17, 15) is 4.79 Å². The molecule has 1 aromatic heterocycles. The zero-order valence-electron chi connectivity index (χ0n) is 16.0. The van der Waals surface area contributed by atoms with Gasteiger partial charge in [0, 0.05) is 25.0 Å². The first kappa shape index (κ1) is 22.1. The fourth-order valence-electron chi connectivity index (χ4n) is 2.96. The summed E-state index contributed by atoms with van der Waals surface area (Å²) in [6.07, 6.45) is 1.27. The van der Waals surface area contributed by atoms with Crippen molar-refractivity contribution in [3.63, 3.8) is 0 Å². The van der Waals surface area contributed by atoms with Crippen molar-refractivity contribution in [3.8, 4) is 0 Å². The first-order valence-corrected chi connectivity index (χ1v) is 9.23. The molecule has 0 bridgehead atoms. The van der Waals surface area contributed by atoms with Crippen molar-refractivity contribution >= 4 is 18.5 Å². The van der Waals surface area contributed by atoms with Crippen molar-refractivity contribution in [3.05, 3.63) is 47.6 Å². The van der Waals surface area contributed by atoms with Crippen molar-refractivity contribution in [1.29, 1.82) is 0 Å². The van der Waals surface area contributed by atoms with Crippen LogP contribution in [0.25, 0.3) is 0 Å². The van der Waals surface area contributed by atoms with Gasteiger partial charge in [0.1, 0.15) is 13.2 Å².